The standard InChI is InChI=1S/C11H11F5O2/c1-10(6-17,9(12)13)7-2-4-8(5-3-7)18-11(14,15)16/h2-5,9,17H,6H2,1H3. The van der Waals surface area contributed by atoms with Gasteiger partial charge in [-0.2, -0.15) is 0 Å². The molecule has 0 spiro atoms. The molecule has 1 rings (SSSR count). The molecule has 0 aliphatic carbocycles. The van der Waals surface area contributed by atoms with Gasteiger partial charge in [0.2, 0.25) is 6.43 Å². The monoisotopic (exact) mass is 270 g/mol. The summed E-state index contributed by atoms with van der Waals surface area (Å²) in [6.07, 6.45) is -7.67. The fraction of sp³-hybridized carbons (Fsp3) is 0.455. The van der Waals surface area contributed by atoms with Crippen LogP contribution in [-0.2, 0) is 5.41 Å². The first-order valence-electron chi connectivity index (χ1n) is 4.94. The van der Waals surface area contributed by atoms with Crippen molar-refractivity contribution in [3.05, 3.63) is 29.8 Å². The van der Waals surface area contributed by atoms with E-state index < -0.39 is 30.6 Å². The first-order valence-corrected chi connectivity index (χ1v) is 4.94. The minimum atomic E-state index is -4.83. The van der Waals surface area contributed by atoms with Gasteiger partial charge in [0.1, 0.15) is 5.75 Å². The molecule has 1 N–H and O–H groups in total. The van der Waals surface area contributed by atoms with Gasteiger partial charge in [-0.05, 0) is 24.6 Å². The van der Waals surface area contributed by atoms with Crippen molar-refractivity contribution in [2.75, 3.05) is 6.61 Å². The third kappa shape index (κ3) is 3.32. The van der Waals surface area contributed by atoms with E-state index in [0.717, 1.165) is 31.2 Å². The van der Waals surface area contributed by atoms with Crippen LogP contribution in [0.1, 0.15) is 12.5 Å². The van der Waals surface area contributed by atoms with Crippen LogP contribution >= 0.6 is 0 Å². The molecule has 18 heavy (non-hydrogen) atoms. The summed E-state index contributed by atoms with van der Waals surface area (Å²) in [6.45, 7) is 0.307. The van der Waals surface area contributed by atoms with Crippen LogP contribution in [-0.4, -0.2) is 24.5 Å². The number of alkyl halides is 5. The van der Waals surface area contributed by atoms with E-state index in [1.54, 1.807) is 0 Å². The fourth-order valence-electron chi connectivity index (χ4n) is 1.32. The molecule has 0 aromatic heterocycles. The van der Waals surface area contributed by atoms with Crippen molar-refractivity contribution in [2.45, 2.75) is 25.1 Å². The molecule has 102 valence electrons. The molecule has 1 aromatic rings. The molecule has 0 amide bonds. The fourth-order valence-corrected chi connectivity index (χ4v) is 1.32. The van der Waals surface area contributed by atoms with Gasteiger partial charge in [-0.25, -0.2) is 8.78 Å². The van der Waals surface area contributed by atoms with Gasteiger partial charge < -0.3 is 9.84 Å². The Balaban J connectivity index is 2.95. The second-order valence-electron chi connectivity index (χ2n) is 3.95. The predicted molar refractivity (Wildman–Crippen MR) is 53.6 cm³/mol. The molecule has 0 aliphatic rings. The van der Waals surface area contributed by atoms with E-state index in [9.17, 15) is 22.0 Å². The summed E-state index contributed by atoms with van der Waals surface area (Å²) in [4.78, 5) is 0. The lowest BCUT2D eigenvalue weighted by molar-refractivity contribution is -0.274. The van der Waals surface area contributed by atoms with Gasteiger partial charge in [0.05, 0.1) is 12.0 Å². The van der Waals surface area contributed by atoms with Crippen LogP contribution in [0.15, 0.2) is 24.3 Å². The van der Waals surface area contributed by atoms with E-state index in [0.29, 0.717) is 0 Å². The molecule has 0 fully saturated rings. The highest BCUT2D eigenvalue weighted by Crippen LogP contribution is 2.32. The Morgan fingerprint density at radius 2 is 1.67 bits per heavy atom. The molecule has 1 unspecified atom stereocenters. The van der Waals surface area contributed by atoms with E-state index in [2.05, 4.69) is 4.74 Å². The van der Waals surface area contributed by atoms with Crippen LogP contribution in [0.25, 0.3) is 0 Å². The highest BCUT2D eigenvalue weighted by Gasteiger charge is 2.36. The van der Waals surface area contributed by atoms with E-state index >= 15 is 0 Å². The van der Waals surface area contributed by atoms with Gasteiger partial charge in [-0.15, -0.1) is 13.2 Å². The Morgan fingerprint density at radius 3 is 2.00 bits per heavy atom. The Kier molecular flexibility index (Phi) is 4.16. The molecule has 2 nitrogen and oxygen atoms in total. The Morgan fingerprint density at radius 1 is 1.17 bits per heavy atom. The lowest BCUT2D eigenvalue weighted by atomic mass is 9.84. The Labute approximate surface area is 100.0 Å². The van der Waals surface area contributed by atoms with Crippen LogP contribution in [0.4, 0.5) is 22.0 Å². The molecular formula is C11H11F5O2. The van der Waals surface area contributed by atoms with E-state index in [1.165, 1.54) is 0 Å². The molecule has 0 aliphatic heterocycles. The number of ether oxygens (including phenoxy) is 1. The normalized spacial score (nSPS) is 15.6. The molecule has 0 saturated carbocycles. The third-order valence-electron chi connectivity index (χ3n) is 2.56. The van der Waals surface area contributed by atoms with Gasteiger partial charge in [0, 0.05) is 0 Å². The molecular weight excluding hydrogens is 259 g/mol. The number of halogens is 5. The maximum atomic E-state index is 12.8. The highest BCUT2D eigenvalue weighted by molar-refractivity contribution is 5.32. The summed E-state index contributed by atoms with van der Waals surface area (Å²) in [5.74, 6) is -0.499. The zero-order valence-corrected chi connectivity index (χ0v) is 9.34. The molecule has 1 atom stereocenters. The van der Waals surface area contributed by atoms with Crippen LogP contribution in [0.5, 0.6) is 5.75 Å². The minimum Gasteiger partial charge on any atom is -0.406 e. The highest BCUT2D eigenvalue weighted by atomic mass is 19.4. The Hall–Kier alpha value is -1.37. The summed E-state index contributed by atoms with van der Waals surface area (Å²) >= 11 is 0. The summed E-state index contributed by atoms with van der Waals surface area (Å²) in [5.41, 5.74) is -1.77. The largest absolute Gasteiger partial charge is 0.573 e. The third-order valence-corrected chi connectivity index (χ3v) is 2.56. The maximum absolute atomic E-state index is 12.8. The van der Waals surface area contributed by atoms with Gasteiger partial charge >= 0.3 is 6.36 Å². The minimum absolute atomic E-state index is 0.0366. The van der Waals surface area contributed by atoms with Gasteiger partial charge in [0.25, 0.3) is 0 Å². The van der Waals surface area contributed by atoms with Crippen LogP contribution in [0, 0.1) is 0 Å². The summed E-state index contributed by atoms with van der Waals surface area (Å²) < 4.78 is 64.8. The summed E-state index contributed by atoms with van der Waals surface area (Å²) in [7, 11) is 0. The predicted octanol–water partition coefficient (Wildman–Crippen LogP) is 3.10. The average Bonchev–Trinajstić information content (AvgIpc) is 2.26. The zero-order valence-electron chi connectivity index (χ0n) is 9.34. The van der Waals surface area contributed by atoms with Crippen LogP contribution in [0.2, 0.25) is 0 Å². The summed E-state index contributed by atoms with van der Waals surface area (Å²) in [6, 6.07) is 4.01. The number of rotatable bonds is 4. The molecule has 0 radical (unpaired) electrons. The van der Waals surface area contributed by atoms with Crippen molar-refractivity contribution in [3.63, 3.8) is 0 Å². The SMILES string of the molecule is CC(CO)(c1ccc(OC(F)(F)F)cc1)C(F)F. The van der Waals surface area contributed by atoms with Crippen molar-refractivity contribution >= 4 is 0 Å². The molecule has 0 bridgehead atoms. The van der Waals surface area contributed by atoms with E-state index in [4.69, 9.17) is 5.11 Å². The van der Waals surface area contributed by atoms with Crippen molar-refractivity contribution < 1.29 is 31.8 Å². The smallest absolute Gasteiger partial charge is 0.406 e. The van der Waals surface area contributed by atoms with Gasteiger partial charge in [0.15, 0.2) is 0 Å². The van der Waals surface area contributed by atoms with E-state index in [-0.39, 0.29) is 5.56 Å². The summed E-state index contributed by atoms with van der Waals surface area (Å²) in [5, 5.41) is 8.97. The number of aliphatic hydroxyl groups is 1. The van der Waals surface area contributed by atoms with Crippen molar-refractivity contribution in [2.24, 2.45) is 0 Å². The second kappa shape index (κ2) is 5.09. The number of hydrogen-bond donors (Lipinski definition) is 1. The molecule has 1 aromatic carbocycles. The molecule has 7 heteroatoms. The number of benzene rings is 1. The maximum Gasteiger partial charge on any atom is 0.573 e. The second-order valence-corrected chi connectivity index (χ2v) is 3.95. The molecule has 0 heterocycles. The lowest BCUT2D eigenvalue weighted by Gasteiger charge is -2.26. The zero-order chi connectivity index (χ0) is 14.0. The van der Waals surface area contributed by atoms with Crippen LogP contribution in [0.3, 0.4) is 0 Å². The first kappa shape index (κ1) is 14.7. The van der Waals surface area contributed by atoms with Crippen LogP contribution < -0.4 is 4.74 Å². The molecule has 0 saturated heterocycles. The van der Waals surface area contributed by atoms with E-state index in [1.807, 2.05) is 0 Å². The van der Waals surface area contributed by atoms with Crippen molar-refractivity contribution in [1.29, 1.82) is 0 Å². The Bertz CT molecular complexity index is 387. The topological polar surface area (TPSA) is 29.5 Å². The number of hydrogen-bond acceptors (Lipinski definition) is 2. The number of aliphatic hydroxyl groups excluding tert-OH is 1. The average molecular weight is 270 g/mol. The van der Waals surface area contributed by atoms with Crippen molar-refractivity contribution in [1.82, 2.24) is 0 Å². The van der Waals surface area contributed by atoms with Gasteiger partial charge in [-0.1, -0.05) is 12.1 Å². The quantitative estimate of drug-likeness (QED) is 0.852. The van der Waals surface area contributed by atoms with Crippen molar-refractivity contribution in [3.8, 4) is 5.75 Å². The van der Waals surface area contributed by atoms with Gasteiger partial charge in [-0.3, -0.25) is 0 Å². The first-order chi connectivity index (χ1) is 8.19. The lowest BCUT2D eigenvalue weighted by Crippen LogP contribution is -2.34.